The van der Waals surface area contributed by atoms with Crippen molar-refractivity contribution in [1.29, 1.82) is 5.41 Å². The van der Waals surface area contributed by atoms with Crippen LogP contribution in [0.2, 0.25) is 0 Å². The maximum absolute atomic E-state index is 13.3. The molecule has 4 aromatic rings. The molecule has 0 heterocycles. The fourth-order valence-electron chi connectivity index (χ4n) is 4.60. The van der Waals surface area contributed by atoms with Crippen molar-refractivity contribution in [3.8, 4) is 11.1 Å². The van der Waals surface area contributed by atoms with E-state index in [1.807, 2.05) is 92.7 Å². The Kier molecular flexibility index (Phi) is 11.0. The summed E-state index contributed by atoms with van der Waals surface area (Å²) in [4.78, 5) is 13.3. The highest BCUT2D eigenvalue weighted by atomic mass is 16.3. The Hall–Kier alpha value is -4.22. The number of benzene rings is 4. The van der Waals surface area contributed by atoms with Gasteiger partial charge in [-0.2, -0.15) is 0 Å². The van der Waals surface area contributed by atoms with Gasteiger partial charge in [-0.05, 0) is 60.2 Å². The van der Waals surface area contributed by atoms with Gasteiger partial charge in [0.05, 0.1) is 0 Å². The molecule has 5 N–H and O–H groups in total. The van der Waals surface area contributed by atoms with Crippen molar-refractivity contribution in [3.63, 3.8) is 0 Å². The van der Waals surface area contributed by atoms with Crippen LogP contribution in [0.4, 0.5) is 0 Å². The van der Waals surface area contributed by atoms with E-state index in [4.69, 9.17) is 11.1 Å². The lowest BCUT2D eigenvalue weighted by atomic mass is 9.88. The second-order valence-corrected chi connectivity index (χ2v) is 9.48. The van der Waals surface area contributed by atoms with E-state index in [0.717, 1.165) is 22.3 Å². The predicted octanol–water partition coefficient (Wildman–Crippen LogP) is 6.16. The van der Waals surface area contributed by atoms with Gasteiger partial charge in [-0.15, -0.1) is 0 Å². The number of aliphatic hydroxyl groups excluding tert-OH is 1. The van der Waals surface area contributed by atoms with Gasteiger partial charge in [-0.25, -0.2) is 0 Å². The number of amidine groups is 1. The fourth-order valence-corrected chi connectivity index (χ4v) is 4.60. The molecule has 4 aromatic carbocycles. The molecule has 0 fully saturated rings. The van der Waals surface area contributed by atoms with Crippen LogP contribution < -0.4 is 11.1 Å². The van der Waals surface area contributed by atoms with Crippen LogP contribution in [0.25, 0.3) is 11.1 Å². The van der Waals surface area contributed by atoms with Crippen molar-refractivity contribution >= 4 is 11.7 Å². The van der Waals surface area contributed by atoms with Gasteiger partial charge in [-0.3, -0.25) is 10.2 Å². The molecule has 5 nitrogen and oxygen atoms in total. The summed E-state index contributed by atoms with van der Waals surface area (Å²) in [6, 6.07) is 33.1. The summed E-state index contributed by atoms with van der Waals surface area (Å²) in [5.41, 5.74) is 12.3. The highest BCUT2D eigenvalue weighted by molar-refractivity contribution is 5.95. The summed E-state index contributed by atoms with van der Waals surface area (Å²) >= 11 is 0. The van der Waals surface area contributed by atoms with Crippen molar-refractivity contribution in [1.82, 2.24) is 5.32 Å². The molecule has 5 heteroatoms. The minimum Gasteiger partial charge on any atom is -0.396 e. The minimum absolute atomic E-state index is 0.00523. The molecular formula is C34H39N3O2. The molecule has 2 unspecified atom stereocenters. The van der Waals surface area contributed by atoms with Gasteiger partial charge in [0, 0.05) is 29.7 Å². The van der Waals surface area contributed by atoms with E-state index in [1.54, 1.807) is 6.07 Å². The zero-order valence-corrected chi connectivity index (χ0v) is 23.0. The third-order valence-electron chi connectivity index (χ3n) is 6.65. The Balaban J connectivity index is 0.00000205. The second-order valence-electron chi connectivity index (χ2n) is 9.48. The topological polar surface area (TPSA) is 99.2 Å². The number of nitrogen functional groups attached to an aromatic ring is 1. The third-order valence-corrected chi connectivity index (χ3v) is 6.65. The molecule has 0 aromatic heterocycles. The maximum Gasteiger partial charge on any atom is 0.251 e. The number of aliphatic hydroxyl groups is 1. The normalized spacial score (nSPS) is 12.0. The molecule has 0 spiro atoms. The number of carbonyl (C=O) groups is 1. The lowest BCUT2D eigenvalue weighted by molar-refractivity contribution is 0.0903. The number of nitrogens with one attached hydrogen (secondary N) is 2. The number of rotatable bonds is 10. The van der Waals surface area contributed by atoms with E-state index in [2.05, 4.69) is 30.4 Å². The second kappa shape index (κ2) is 14.6. The number of hydrogen-bond acceptors (Lipinski definition) is 3. The zero-order chi connectivity index (χ0) is 28.2. The van der Waals surface area contributed by atoms with Gasteiger partial charge >= 0.3 is 0 Å². The van der Waals surface area contributed by atoms with Crippen LogP contribution >= 0.6 is 0 Å². The van der Waals surface area contributed by atoms with Gasteiger partial charge in [0.2, 0.25) is 0 Å². The molecule has 39 heavy (non-hydrogen) atoms. The average Bonchev–Trinajstić information content (AvgIpc) is 2.97. The molecule has 1 amide bonds. The van der Waals surface area contributed by atoms with Gasteiger partial charge in [0.15, 0.2) is 0 Å². The molecule has 0 saturated heterocycles. The smallest absolute Gasteiger partial charge is 0.251 e. The van der Waals surface area contributed by atoms with Crippen molar-refractivity contribution < 1.29 is 9.90 Å². The van der Waals surface area contributed by atoms with Gasteiger partial charge in [0.25, 0.3) is 5.91 Å². The molecule has 4 rings (SSSR count). The lowest BCUT2D eigenvalue weighted by Crippen LogP contribution is -2.44. The monoisotopic (exact) mass is 521 g/mol. The van der Waals surface area contributed by atoms with Crippen LogP contribution in [-0.2, 0) is 12.8 Å². The summed E-state index contributed by atoms with van der Waals surface area (Å²) in [7, 11) is 0. The van der Waals surface area contributed by atoms with Gasteiger partial charge < -0.3 is 16.2 Å². The van der Waals surface area contributed by atoms with Gasteiger partial charge in [0.1, 0.15) is 5.84 Å². The molecule has 0 saturated carbocycles. The van der Waals surface area contributed by atoms with Crippen LogP contribution in [-0.4, -0.2) is 29.5 Å². The first-order valence-corrected chi connectivity index (χ1v) is 13.5. The summed E-state index contributed by atoms with van der Waals surface area (Å²) in [5, 5.41) is 21.3. The Morgan fingerprint density at radius 3 is 2.10 bits per heavy atom. The standard InChI is InChI=1S/C32H33N3O2.C2H6/c1-22-7-5-11-27(17-22)25-13-15-26(16-14-25)32(37)35-30(20-23-8-3-2-4-9-23)29(21-36)19-24-10-6-12-28(18-24)31(33)34;1-2/h2-18,29-30,36H,19-21H2,1H3,(H3,33,34)(H,35,37);1-2H3. The number of amides is 1. The molecule has 0 bridgehead atoms. The molecule has 0 aliphatic rings. The lowest BCUT2D eigenvalue weighted by Gasteiger charge is -2.27. The summed E-state index contributed by atoms with van der Waals surface area (Å²) in [5.74, 6) is -0.392. The van der Waals surface area contributed by atoms with E-state index < -0.39 is 0 Å². The van der Waals surface area contributed by atoms with E-state index in [1.165, 1.54) is 5.56 Å². The number of nitrogens with two attached hydrogens (primary N) is 1. The molecular weight excluding hydrogens is 482 g/mol. The molecule has 202 valence electrons. The summed E-state index contributed by atoms with van der Waals surface area (Å²) < 4.78 is 0. The number of aryl methyl sites for hydroxylation is 1. The third kappa shape index (κ3) is 8.39. The first-order valence-electron chi connectivity index (χ1n) is 13.5. The highest BCUT2D eigenvalue weighted by Crippen LogP contribution is 2.22. The van der Waals surface area contributed by atoms with Crippen molar-refractivity contribution in [2.75, 3.05) is 6.61 Å². The van der Waals surface area contributed by atoms with Crippen LogP contribution in [0, 0.1) is 18.3 Å². The van der Waals surface area contributed by atoms with Crippen molar-refractivity contribution in [3.05, 3.63) is 131 Å². The largest absolute Gasteiger partial charge is 0.396 e. The van der Waals surface area contributed by atoms with E-state index in [-0.39, 0.29) is 30.3 Å². The average molecular weight is 522 g/mol. The van der Waals surface area contributed by atoms with Crippen molar-refractivity contribution in [2.24, 2.45) is 11.7 Å². The molecule has 0 radical (unpaired) electrons. The maximum atomic E-state index is 13.3. The predicted molar refractivity (Wildman–Crippen MR) is 161 cm³/mol. The summed E-state index contributed by atoms with van der Waals surface area (Å²) in [6.45, 7) is 5.97. The van der Waals surface area contributed by atoms with Gasteiger partial charge in [-0.1, -0.05) is 104 Å². The van der Waals surface area contributed by atoms with Crippen LogP contribution in [0.5, 0.6) is 0 Å². The van der Waals surface area contributed by atoms with E-state index in [0.29, 0.717) is 24.0 Å². The Labute approximate surface area is 232 Å². The van der Waals surface area contributed by atoms with Crippen LogP contribution in [0.1, 0.15) is 46.5 Å². The SMILES string of the molecule is CC.Cc1cccc(-c2ccc(C(=O)NC(Cc3ccccc3)C(CO)Cc3cccc(C(=N)N)c3)cc2)c1. The van der Waals surface area contributed by atoms with Crippen molar-refractivity contribution in [2.45, 2.75) is 39.7 Å². The first kappa shape index (κ1) is 29.3. The molecule has 2 atom stereocenters. The number of carbonyl (C=O) groups excluding carboxylic acids is 1. The highest BCUT2D eigenvalue weighted by Gasteiger charge is 2.24. The Morgan fingerprint density at radius 1 is 0.795 bits per heavy atom. The minimum atomic E-state index is -0.294. The van der Waals surface area contributed by atoms with E-state index >= 15 is 0 Å². The fraction of sp³-hybridized carbons (Fsp3) is 0.235. The quantitative estimate of drug-likeness (QED) is 0.148. The van der Waals surface area contributed by atoms with Crippen LogP contribution in [0.15, 0.2) is 103 Å². The Morgan fingerprint density at radius 2 is 1.46 bits per heavy atom. The first-order chi connectivity index (χ1) is 18.9. The van der Waals surface area contributed by atoms with Crippen LogP contribution in [0.3, 0.4) is 0 Å². The van der Waals surface area contributed by atoms with E-state index in [9.17, 15) is 9.90 Å². The molecule has 0 aliphatic carbocycles. The summed E-state index contributed by atoms with van der Waals surface area (Å²) in [6.07, 6.45) is 1.13. The Bertz CT molecular complexity index is 1350. The zero-order valence-electron chi connectivity index (χ0n) is 23.0. The number of hydrogen-bond donors (Lipinski definition) is 4. The molecule has 0 aliphatic heterocycles.